The fraction of sp³-hybridized carbons (Fsp3) is 0.348. The lowest BCUT2D eigenvalue weighted by Gasteiger charge is -2.32. The molecule has 0 bridgehead atoms. The van der Waals surface area contributed by atoms with Gasteiger partial charge in [0.2, 0.25) is 11.8 Å². The number of nitrogens with one attached hydrogen (secondary N) is 1. The van der Waals surface area contributed by atoms with Gasteiger partial charge >= 0.3 is 5.76 Å². The molecule has 1 aliphatic rings. The van der Waals surface area contributed by atoms with Crippen LogP contribution in [0.2, 0.25) is 0 Å². The number of benzene rings is 2. The Balaban J connectivity index is 1.58. The van der Waals surface area contributed by atoms with Crippen LogP contribution < -0.4 is 11.5 Å². The van der Waals surface area contributed by atoms with Crippen LogP contribution in [0, 0.1) is 0 Å². The van der Waals surface area contributed by atoms with E-state index in [1.54, 1.807) is 48.3 Å². The first-order valence-electron chi connectivity index (χ1n) is 10.5. The number of aromatic amines is 1. The number of likely N-dealkylation sites (tertiary alicyclic amines) is 1. The number of carbonyl (C=O) groups is 2. The molecule has 1 aromatic heterocycles. The maximum atomic E-state index is 13.2. The van der Waals surface area contributed by atoms with Crippen molar-refractivity contribution in [1.82, 2.24) is 14.8 Å². The first kappa shape index (κ1) is 21.8. The van der Waals surface area contributed by atoms with Gasteiger partial charge in [0, 0.05) is 32.2 Å². The van der Waals surface area contributed by atoms with Gasteiger partial charge < -0.3 is 20.2 Å². The summed E-state index contributed by atoms with van der Waals surface area (Å²) in [6.45, 7) is 1.80. The summed E-state index contributed by atoms with van der Waals surface area (Å²) in [5.74, 6) is -1.19. The van der Waals surface area contributed by atoms with Gasteiger partial charge in [-0.3, -0.25) is 19.5 Å². The maximum absolute atomic E-state index is 13.2. The average Bonchev–Trinajstić information content (AvgIpc) is 3.35. The van der Waals surface area contributed by atoms with E-state index in [1.807, 2.05) is 6.07 Å². The van der Waals surface area contributed by atoms with Crippen molar-refractivity contribution in [3.05, 3.63) is 69.7 Å². The van der Waals surface area contributed by atoms with Gasteiger partial charge in [-0.2, -0.15) is 0 Å². The van der Waals surface area contributed by atoms with Crippen molar-refractivity contribution in [2.45, 2.75) is 25.0 Å². The average molecular weight is 438 g/mol. The Morgan fingerprint density at radius 3 is 2.84 bits per heavy atom. The molecule has 0 spiro atoms. The molecule has 3 aromatic rings. The molecule has 32 heavy (non-hydrogen) atoms. The number of amides is 2. The Hall–Kier alpha value is -3.43. The minimum Gasteiger partial charge on any atom is -0.408 e. The number of nitrogens with two attached hydrogens (primary N) is 1. The summed E-state index contributed by atoms with van der Waals surface area (Å²) in [6.07, 6.45) is 0.445. The molecule has 1 aliphatic heterocycles. The van der Waals surface area contributed by atoms with Crippen LogP contribution >= 0.6 is 0 Å². The third-order valence-electron chi connectivity index (χ3n) is 5.93. The molecule has 1 saturated heterocycles. The first-order chi connectivity index (χ1) is 15.3. The molecule has 2 atom stereocenters. The van der Waals surface area contributed by atoms with Crippen molar-refractivity contribution in [3.63, 3.8) is 0 Å². The van der Waals surface area contributed by atoms with E-state index in [1.165, 1.54) is 0 Å². The summed E-state index contributed by atoms with van der Waals surface area (Å²) >= 11 is 0. The molecule has 4 rings (SSSR count). The fourth-order valence-corrected chi connectivity index (χ4v) is 4.16. The van der Waals surface area contributed by atoms with Gasteiger partial charge in [0.25, 0.3) is 0 Å². The Bertz CT molecular complexity index is 1200. The molecule has 0 radical (unpaired) electrons. The number of nitrogens with zero attached hydrogens (tertiary/aromatic N) is 2. The van der Waals surface area contributed by atoms with Crippen LogP contribution in [0.15, 0.2) is 51.7 Å². The molecule has 2 heterocycles. The first-order valence-corrected chi connectivity index (χ1v) is 10.5. The zero-order valence-electron chi connectivity index (χ0n) is 17.8. The van der Waals surface area contributed by atoms with E-state index < -0.39 is 11.7 Å². The van der Waals surface area contributed by atoms with Gasteiger partial charge in [0.15, 0.2) is 5.58 Å². The highest BCUT2D eigenvalue weighted by atomic mass is 16.4. The molecule has 2 amide bonds. The molecule has 9 nitrogen and oxygen atoms in total. The number of aromatic nitrogens is 1. The van der Waals surface area contributed by atoms with E-state index in [0.29, 0.717) is 36.2 Å². The van der Waals surface area contributed by atoms with Gasteiger partial charge in [-0.1, -0.05) is 18.2 Å². The second-order valence-electron chi connectivity index (χ2n) is 8.23. The number of hydrogen-bond acceptors (Lipinski definition) is 6. The van der Waals surface area contributed by atoms with Gasteiger partial charge in [-0.15, -0.1) is 0 Å². The minimum atomic E-state index is -0.539. The number of β-amino-alcohol motifs (C(OH)–C–C–N with tert-alkyl or cyclic N) is 1. The Labute approximate surface area is 184 Å². The lowest BCUT2D eigenvalue weighted by atomic mass is 10.0. The summed E-state index contributed by atoms with van der Waals surface area (Å²) in [6, 6.07) is 11.8. The third kappa shape index (κ3) is 4.74. The van der Waals surface area contributed by atoms with Crippen molar-refractivity contribution >= 4 is 22.9 Å². The molecule has 0 aliphatic carbocycles. The highest BCUT2D eigenvalue weighted by Gasteiger charge is 2.28. The highest BCUT2D eigenvalue weighted by molar-refractivity contribution is 5.93. The van der Waals surface area contributed by atoms with Crippen molar-refractivity contribution < 1.29 is 19.1 Å². The topological polar surface area (TPSA) is 133 Å². The van der Waals surface area contributed by atoms with Crippen LogP contribution in [-0.4, -0.2) is 64.5 Å². The standard InChI is InChI=1S/C23H26N4O5/c1-26(21(29)10-14-5-6-20-18(9-14)25-23(31)32-20)19(13-27-8-7-17(28)12-27)15-3-2-4-16(11-15)22(24)30/h2-6,9,11,17,19,28H,7-8,10,12-13H2,1H3,(H2,24,30)(H,25,31)/t17-,19?/m0/s1. The molecule has 168 valence electrons. The van der Waals surface area contributed by atoms with Crippen LogP contribution in [0.3, 0.4) is 0 Å². The number of primary amides is 1. The molecular formula is C23H26N4O5. The van der Waals surface area contributed by atoms with Crippen LogP contribution in [-0.2, 0) is 11.2 Å². The summed E-state index contributed by atoms with van der Waals surface area (Å²) in [4.78, 5) is 42.6. The molecule has 2 aromatic carbocycles. The zero-order chi connectivity index (χ0) is 22.8. The lowest BCUT2D eigenvalue weighted by Crippen LogP contribution is -2.39. The van der Waals surface area contributed by atoms with Gasteiger partial charge in [0.05, 0.1) is 24.1 Å². The SMILES string of the molecule is CN(C(=O)Cc1ccc2oc(=O)[nH]c2c1)C(CN1CC[C@H](O)C1)c1cccc(C(N)=O)c1. The second-order valence-corrected chi connectivity index (χ2v) is 8.23. The number of aliphatic hydroxyl groups excluding tert-OH is 1. The van der Waals surface area contributed by atoms with Gasteiger partial charge in [0.1, 0.15) is 0 Å². The zero-order valence-corrected chi connectivity index (χ0v) is 17.8. The summed E-state index contributed by atoms with van der Waals surface area (Å²) in [7, 11) is 1.73. The van der Waals surface area contributed by atoms with Crippen LogP contribution in [0.1, 0.15) is 33.9 Å². The van der Waals surface area contributed by atoms with Gasteiger partial charge in [-0.05, 0) is 41.8 Å². The Kier molecular flexibility index (Phi) is 6.11. The lowest BCUT2D eigenvalue weighted by molar-refractivity contribution is -0.131. The number of aliphatic hydroxyl groups is 1. The summed E-state index contributed by atoms with van der Waals surface area (Å²) in [5, 5.41) is 9.91. The number of H-pyrrole nitrogens is 1. The number of carbonyl (C=O) groups excluding carboxylic acids is 2. The minimum absolute atomic E-state index is 0.121. The molecular weight excluding hydrogens is 412 g/mol. The monoisotopic (exact) mass is 438 g/mol. The van der Waals surface area contributed by atoms with E-state index in [4.69, 9.17) is 10.2 Å². The summed E-state index contributed by atoms with van der Waals surface area (Å²) in [5.41, 5.74) is 8.35. The van der Waals surface area contributed by atoms with Crippen molar-refractivity contribution in [2.75, 3.05) is 26.7 Å². The molecule has 1 fully saturated rings. The van der Waals surface area contributed by atoms with E-state index in [9.17, 15) is 19.5 Å². The number of fused-ring (bicyclic) bond motifs is 1. The molecule has 9 heteroatoms. The Morgan fingerprint density at radius 1 is 1.31 bits per heavy atom. The Morgan fingerprint density at radius 2 is 2.12 bits per heavy atom. The van der Waals surface area contributed by atoms with E-state index in [-0.39, 0.29) is 24.5 Å². The van der Waals surface area contributed by atoms with Crippen molar-refractivity contribution in [3.8, 4) is 0 Å². The van der Waals surface area contributed by atoms with Crippen LogP contribution in [0.4, 0.5) is 0 Å². The number of oxazole rings is 1. The number of rotatable bonds is 7. The normalized spacial score (nSPS) is 17.5. The summed E-state index contributed by atoms with van der Waals surface area (Å²) < 4.78 is 5.01. The quantitative estimate of drug-likeness (QED) is 0.505. The molecule has 4 N–H and O–H groups in total. The van der Waals surface area contributed by atoms with E-state index in [2.05, 4.69) is 9.88 Å². The number of hydrogen-bond donors (Lipinski definition) is 3. The molecule has 1 unspecified atom stereocenters. The van der Waals surface area contributed by atoms with E-state index >= 15 is 0 Å². The van der Waals surface area contributed by atoms with Crippen LogP contribution in [0.5, 0.6) is 0 Å². The number of likely N-dealkylation sites (N-methyl/N-ethyl adjacent to an activating group) is 1. The molecule has 0 saturated carbocycles. The maximum Gasteiger partial charge on any atom is 0.417 e. The van der Waals surface area contributed by atoms with Crippen molar-refractivity contribution in [2.24, 2.45) is 5.73 Å². The fourth-order valence-electron chi connectivity index (χ4n) is 4.16. The largest absolute Gasteiger partial charge is 0.417 e. The predicted octanol–water partition coefficient (Wildman–Crippen LogP) is 1.03. The van der Waals surface area contributed by atoms with Crippen molar-refractivity contribution in [1.29, 1.82) is 0 Å². The van der Waals surface area contributed by atoms with Gasteiger partial charge in [-0.25, -0.2) is 4.79 Å². The van der Waals surface area contributed by atoms with E-state index in [0.717, 1.165) is 17.7 Å². The second kappa shape index (κ2) is 8.97. The highest BCUT2D eigenvalue weighted by Crippen LogP contribution is 2.25. The smallest absolute Gasteiger partial charge is 0.408 e. The predicted molar refractivity (Wildman–Crippen MR) is 118 cm³/mol. The van der Waals surface area contributed by atoms with Crippen LogP contribution in [0.25, 0.3) is 11.1 Å². The third-order valence-corrected chi connectivity index (χ3v) is 5.93.